The molecule has 0 aromatic rings. The molecule has 0 atom stereocenters. The Hall–Kier alpha value is 5.04. The maximum absolute atomic E-state index is 0. The summed E-state index contributed by atoms with van der Waals surface area (Å²) in [7, 11) is 0. The zero-order valence-corrected chi connectivity index (χ0v) is 11.9. The molecule has 0 aliphatic rings. The van der Waals surface area contributed by atoms with Crippen LogP contribution in [0.25, 0.3) is 0 Å². The van der Waals surface area contributed by atoms with Gasteiger partial charge >= 0.3 is 19.8 Å². The average molecular weight is 508 g/mol. The van der Waals surface area contributed by atoms with Crippen LogP contribution in [0.3, 0.4) is 0 Å². The van der Waals surface area contributed by atoms with Crippen molar-refractivity contribution in [1.82, 2.24) is 0 Å². The molecule has 0 spiro atoms. The van der Waals surface area contributed by atoms with E-state index < -0.39 is 0 Å². The summed E-state index contributed by atoms with van der Waals surface area (Å²) >= 11 is 0. The van der Waals surface area contributed by atoms with Gasteiger partial charge < -0.3 is 0 Å². The van der Waals surface area contributed by atoms with Gasteiger partial charge in [-0.15, -0.1) is 0 Å². The van der Waals surface area contributed by atoms with E-state index in [-0.39, 0.29) is 155 Å². The molecule has 0 unspecified atom stereocenters. The minimum Gasteiger partial charge on any atom is 0 e. The fraction of sp³-hybridized carbons (Fsp3) is 0. The van der Waals surface area contributed by atoms with Crippen LogP contribution in [0, 0.1) is 85.0 Å². The van der Waals surface area contributed by atoms with Crippen LogP contribution in [-0.4, -0.2) is 19.8 Å². The monoisotopic (exact) mass is 509 g/mol. The normalized spacial score (nSPS) is 0. The standard InChI is InChI=1S/Eu.Fe.Ga.La.Y.3H. The van der Waals surface area contributed by atoms with E-state index in [4.69, 9.17) is 0 Å². The maximum atomic E-state index is 0. The van der Waals surface area contributed by atoms with Crippen molar-refractivity contribution in [3.05, 3.63) is 0 Å². The summed E-state index contributed by atoms with van der Waals surface area (Å²) in [4.78, 5) is 0. The molecule has 5 heavy (non-hydrogen) atoms. The number of rotatable bonds is 0. The Morgan fingerprint density at radius 2 is 1.00 bits per heavy atom. The molecule has 0 nitrogen and oxygen atoms in total. The quantitative estimate of drug-likeness (QED) is 0.362. The van der Waals surface area contributed by atoms with Gasteiger partial charge in [-0.1, -0.05) is 0 Å². The first-order valence-corrected chi connectivity index (χ1v) is 0. The van der Waals surface area contributed by atoms with Gasteiger partial charge in [-0.2, -0.15) is 0 Å². The molecule has 0 aliphatic heterocycles. The van der Waals surface area contributed by atoms with E-state index in [1.165, 1.54) is 0 Å². The Kier molecular flexibility index (Phi) is 149. The fourth-order valence-corrected chi connectivity index (χ4v) is 0. The molecule has 3 radical (unpaired) electrons. The third-order valence-electron chi connectivity index (χ3n) is 0. The molecule has 0 aromatic heterocycles. The summed E-state index contributed by atoms with van der Waals surface area (Å²) in [6, 6.07) is 0. The molecule has 0 rings (SSSR count). The molecule has 0 saturated carbocycles. The minimum absolute atomic E-state index is 0. The average Bonchev–Trinajstić information content (AvgIpc) is 0. The van der Waals surface area contributed by atoms with Gasteiger partial charge in [0, 0.05) is 135 Å². The molecule has 5 heteroatoms. The Morgan fingerprint density at radius 3 is 1.00 bits per heavy atom. The van der Waals surface area contributed by atoms with Crippen molar-refractivity contribution >= 4 is 19.8 Å². The summed E-state index contributed by atoms with van der Waals surface area (Å²) in [5.41, 5.74) is 0. The fourth-order valence-electron chi connectivity index (χ4n) is 0. The van der Waals surface area contributed by atoms with E-state index in [1.54, 1.807) is 0 Å². The predicted molar refractivity (Wildman–Crippen MR) is 9.94 cm³/mol. The Bertz CT molecular complexity index is 11.6. The molecule has 0 fully saturated rings. The van der Waals surface area contributed by atoms with Gasteiger partial charge in [0.25, 0.3) is 0 Å². The van der Waals surface area contributed by atoms with Crippen LogP contribution in [0.2, 0.25) is 0 Å². The van der Waals surface area contributed by atoms with Gasteiger partial charge in [0.15, 0.2) is 0 Å². The number of hydrogen-bond donors (Lipinski definition) is 0. The Morgan fingerprint density at radius 1 is 1.00 bits per heavy atom. The first kappa shape index (κ1) is 32.3. The first-order chi connectivity index (χ1) is 0. The van der Waals surface area contributed by atoms with Crippen molar-refractivity contribution in [2.45, 2.75) is 0 Å². The Balaban J connectivity index is 0. The predicted octanol–water partition coefficient (Wildman–Crippen LogP) is -1.19. The van der Waals surface area contributed by atoms with Crippen molar-refractivity contribution in [3.8, 4) is 0 Å². The van der Waals surface area contributed by atoms with Gasteiger partial charge in [-0.25, -0.2) is 0 Å². The van der Waals surface area contributed by atoms with E-state index >= 15 is 0 Å². The SMILES string of the molecule is [Eu].[Fe].[GaH3].[La].[Y]. The smallest absolute Gasteiger partial charge is 0 e. The summed E-state index contributed by atoms with van der Waals surface area (Å²) in [6.45, 7) is 0. The van der Waals surface area contributed by atoms with E-state index in [9.17, 15) is 0 Å². The largest absolute Gasteiger partial charge is 0 e. The zero-order chi connectivity index (χ0) is 0. The summed E-state index contributed by atoms with van der Waals surface area (Å²) in [5, 5.41) is 0. The minimum atomic E-state index is 0. The van der Waals surface area contributed by atoms with E-state index in [2.05, 4.69) is 0 Å². The molecule has 0 saturated heterocycles. The third-order valence-corrected chi connectivity index (χ3v) is 0. The second kappa shape index (κ2) is 23.0. The van der Waals surface area contributed by atoms with E-state index in [0.717, 1.165) is 0 Å². The van der Waals surface area contributed by atoms with Crippen LogP contribution < -0.4 is 0 Å². The van der Waals surface area contributed by atoms with Crippen molar-refractivity contribution in [2.75, 3.05) is 0 Å². The van der Waals surface area contributed by atoms with Crippen LogP contribution in [-0.2, 0) is 49.8 Å². The molecule has 0 N–H and O–H groups in total. The molecule has 0 amide bonds. The van der Waals surface area contributed by atoms with E-state index in [0.29, 0.717) is 0 Å². The maximum Gasteiger partial charge on any atom is 0 e. The topological polar surface area (TPSA) is 0 Å². The summed E-state index contributed by atoms with van der Waals surface area (Å²) < 4.78 is 0. The molecule has 0 aliphatic carbocycles. The van der Waals surface area contributed by atoms with Crippen molar-refractivity contribution < 1.29 is 135 Å². The molecule has 0 bridgehead atoms. The van der Waals surface area contributed by atoms with Crippen LogP contribution in [0.15, 0.2) is 0 Å². The first-order valence-electron chi connectivity index (χ1n) is 0. The molecule has 0 aromatic carbocycles. The van der Waals surface area contributed by atoms with Gasteiger partial charge in [0.2, 0.25) is 0 Å². The van der Waals surface area contributed by atoms with Gasteiger partial charge in [0.05, 0.1) is 0 Å². The van der Waals surface area contributed by atoms with E-state index in [1.807, 2.05) is 0 Å². The van der Waals surface area contributed by atoms with Crippen molar-refractivity contribution in [1.29, 1.82) is 0 Å². The molecule has 27 valence electrons. The third kappa shape index (κ3) is 17.6. The summed E-state index contributed by atoms with van der Waals surface area (Å²) in [6.07, 6.45) is 0. The summed E-state index contributed by atoms with van der Waals surface area (Å²) in [5.74, 6) is 0. The van der Waals surface area contributed by atoms with Crippen LogP contribution in [0.4, 0.5) is 0 Å². The zero-order valence-electron chi connectivity index (χ0n) is 1.89. The Labute approximate surface area is 150 Å². The second-order valence-electron chi connectivity index (χ2n) is 0. The van der Waals surface area contributed by atoms with Crippen LogP contribution in [0.5, 0.6) is 0 Å². The molecular formula is H3EuFeGaLaY. The van der Waals surface area contributed by atoms with Crippen LogP contribution in [0.1, 0.15) is 0 Å². The molecular weight excluding hydrogens is 505 g/mol. The van der Waals surface area contributed by atoms with Crippen molar-refractivity contribution in [3.63, 3.8) is 0 Å². The van der Waals surface area contributed by atoms with Crippen molar-refractivity contribution in [2.24, 2.45) is 0 Å². The molecule has 0 heterocycles. The van der Waals surface area contributed by atoms with Crippen LogP contribution >= 0.6 is 0 Å². The number of hydrogen-bond acceptors (Lipinski definition) is 0. The van der Waals surface area contributed by atoms with Gasteiger partial charge in [0.1, 0.15) is 0 Å². The second-order valence-corrected chi connectivity index (χ2v) is 0. The van der Waals surface area contributed by atoms with Gasteiger partial charge in [-0.05, 0) is 0 Å². The van der Waals surface area contributed by atoms with Gasteiger partial charge in [-0.3, -0.25) is 0 Å².